The topological polar surface area (TPSA) is 77.0 Å². The summed E-state index contributed by atoms with van der Waals surface area (Å²) in [5.41, 5.74) is 0.554. The largest absolute Gasteiger partial charge is 0.377 e. The maximum absolute atomic E-state index is 13.8. The number of aromatic nitrogens is 1. The minimum Gasteiger partial charge on any atom is -0.377 e. The first kappa shape index (κ1) is 31.3. The molecule has 1 N–H and O–H groups in total. The first-order valence-corrected chi connectivity index (χ1v) is 18.5. The fourth-order valence-electron chi connectivity index (χ4n) is 11.9. The highest BCUT2D eigenvalue weighted by atomic mass is 16.3. The summed E-state index contributed by atoms with van der Waals surface area (Å²) in [7, 11) is 0. The molecule has 0 bridgehead atoms. The van der Waals surface area contributed by atoms with Crippen molar-refractivity contribution in [3.63, 3.8) is 0 Å². The summed E-state index contributed by atoms with van der Waals surface area (Å²) < 4.78 is 0. The van der Waals surface area contributed by atoms with Crippen molar-refractivity contribution < 1.29 is 14.7 Å². The van der Waals surface area contributed by atoms with Gasteiger partial charge >= 0.3 is 0 Å². The number of fused-ring (bicyclic) bond motifs is 6. The van der Waals surface area contributed by atoms with E-state index < -0.39 is 5.60 Å². The average molecular weight is 637 g/mol. The van der Waals surface area contributed by atoms with Crippen molar-refractivity contribution in [2.24, 2.45) is 34.5 Å². The van der Waals surface area contributed by atoms with Crippen LogP contribution in [0.25, 0.3) is 10.9 Å². The third-order valence-corrected chi connectivity index (χ3v) is 14.8. The van der Waals surface area contributed by atoms with Gasteiger partial charge in [0.1, 0.15) is 17.3 Å². The molecule has 0 unspecified atom stereocenters. The Morgan fingerprint density at radius 2 is 1.68 bits per heavy atom. The van der Waals surface area contributed by atoms with Crippen LogP contribution < -0.4 is 0 Å². The number of carbonyl (C=O) groups is 2. The molecule has 9 atom stereocenters. The molecule has 7 heteroatoms. The van der Waals surface area contributed by atoms with Gasteiger partial charge in [-0.05, 0) is 112 Å². The third kappa shape index (κ3) is 4.87. The van der Waals surface area contributed by atoms with Crippen molar-refractivity contribution in [1.29, 1.82) is 0 Å². The van der Waals surface area contributed by atoms with E-state index in [-0.39, 0.29) is 23.3 Å². The molecular formula is C40H52N4O3. The van der Waals surface area contributed by atoms with Gasteiger partial charge in [0.15, 0.2) is 0 Å². The van der Waals surface area contributed by atoms with Gasteiger partial charge in [0.25, 0.3) is 5.91 Å². The second-order valence-electron chi connectivity index (χ2n) is 16.5. The molecule has 8 rings (SSSR count). The predicted octanol–water partition coefficient (Wildman–Crippen LogP) is 5.76. The number of aliphatic hydroxyl groups is 1. The summed E-state index contributed by atoms with van der Waals surface area (Å²) in [4.78, 5) is 38.5. The van der Waals surface area contributed by atoms with E-state index in [0.717, 1.165) is 81.0 Å². The molecule has 4 aliphatic carbocycles. The molecule has 6 aliphatic rings. The minimum absolute atomic E-state index is 0.110. The van der Waals surface area contributed by atoms with E-state index in [1.54, 1.807) is 11.0 Å². The van der Waals surface area contributed by atoms with E-state index in [1.807, 2.05) is 35.2 Å². The zero-order chi connectivity index (χ0) is 32.6. The van der Waals surface area contributed by atoms with Crippen LogP contribution in [0.5, 0.6) is 0 Å². The van der Waals surface area contributed by atoms with Crippen molar-refractivity contribution in [2.75, 3.05) is 32.7 Å². The molecule has 6 fully saturated rings. The molecule has 1 aromatic heterocycles. The lowest BCUT2D eigenvalue weighted by molar-refractivity contribution is -0.144. The van der Waals surface area contributed by atoms with Gasteiger partial charge < -0.3 is 14.9 Å². The number of hydrogen-bond donors (Lipinski definition) is 1. The molecule has 2 amide bonds. The molecule has 7 nitrogen and oxygen atoms in total. The van der Waals surface area contributed by atoms with Crippen molar-refractivity contribution >= 4 is 22.7 Å². The number of likely N-dealkylation sites (tertiary alicyclic amines) is 1. The molecule has 2 aliphatic heterocycles. The quantitative estimate of drug-likeness (QED) is 0.434. The van der Waals surface area contributed by atoms with E-state index in [0.29, 0.717) is 35.5 Å². The fraction of sp³-hybridized carbons (Fsp3) is 0.675. The van der Waals surface area contributed by atoms with Gasteiger partial charge in [0.2, 0.25) is 5.91 Å². The van der Waals surface area contributed by atoms with Crippen LogP contribution >= 0.6 is 0 Å². The molecule has 47 heavy (non-hydrogen) atoms. The summed E-state index contributed by atoms with van der Waals surface area (Å²) in [6.07, 6.45) is 18.0. The maximum Gasteiger partial charge on any atom is 0.273 e. The monoisotopic (exact) mass is 636 g/mol. The van der Waals surface area contributed by atoms with Crippen LogP contribution in [0.2, 0.25) is 0 Å². The van der Waals surface area contributed by atoms with Crippen molar-refractivity contribution in [3.05, 3.63) is 42.1 Å². The molecule has 1 aromatic carbocycles. The number of hydrogen-bond acceptors (Lipinski definition) is 5. The minimum atomic E-state index is -0.929. The summed E-state index contributed by atoms with van der Waals surface area (Å²) >= 11 is 0. The first-order valence-electron chi connectivity index (χ1n) is 18.5. The highest BCUT2D eigenvalue weighted by Gasteiger charge is 2.64. The van der Waals surface area contributed by atoms with Gasteiger partial charge in [-0.1, -0.05) is 44.0 Å². The SMILES string of the molecule is C#C[C@]1(O)CC[C@H]2[C@@H]3CC[C@H]4C[C@@H](N5CCN(C(=O)[C@@H]6CCCN6C(=O)c6ccc7ccccc7n6)CC5)CC[C@]4(C)[C@H]3CC[C@@]21C. The zero-order valence-corrected chi connectivity index (χ0v) is 28.4. The van der Waals surface area contributed by atoms with Crippen LogP contribution in [-0.2, 0) is 4.79 Å². The Labute approximate surface area is 280 Å². The first-order chi connectivity index (χ1) is 22.6. The van der Waals surface area contributed by atoms with Crippen LogP contribution in [0.4, 0.5) is 0 Å². The molecule has 250 valence electrons. The smallest absolute Gasteiger partial charge is 0.273 e. The number of carbonyl (C=O) groups excluding carboxylic acids is 2. The average Bonchev–Trinajstić information content (AvgIpc) is 3.70. The fourth-order valence-corrected chi connectivity index (χ4v) is 11.9. The van der Waals surface area contributed by atoms with Crippen LogP contribution in [0.3, 0.4) is 0 Å². The Balaban J connectivity index is 0.878. The summed E-state index contributed by atoms with van der Waals surface area (Å²) in [5, 5.41) is 12.4. The lowest BCUT2D eigenvalue weighted by Crippen LogP contribution is -2.59. The maximum atomic E-state index is 13.8. The highest BCUT2D eigenvalue weighted by Crippen LogP contribution is 2.68. The van der Waals surface area contributed by atoms with Gasteiger partial charge in [-0.25, -0.2) is 4.98 Å². The van der Waals surface area contributed by atoms with Crippen LogP contribution in [0.15, 0.2) is 36.4 Å². The molecule has 2 aromatic rings. The summed E-state index contributed by atoms with van der Waals surface area (Å²) in [6, 6.07) is 11.8. The normalized spacial score (nSPS) is 40.4. The van der Waals surface area contributed by atoms with E-state index >= 15 is 0 Å². The van der Waals surface area contributed by atoms with Crippen molar-refractivity contribution in [2.45, 2.75) is 102 Å². The van der Waals surface area contributed by atoms with Gasteiger partial charge in [0, 0.05) is 49.6 Å². The van der Waals surface area contributed by atoms with Crippen LogP contribution in [-0.4, -0.2) is 87.0 Å². The molecule has 0 radical (unpaired) electrons. The van der Waals surface area contributed by atoms with Gasteiger partial charge in [-0.15, -0.1) is 6.42 Å². The summed E-state index contributed by atoms with van der Waals surface area (Å²) in [5.74, 6) is 5.56. The number of benzene rings is 1. The van der Waals surface area contributed by atoms with Gasteiger partial charge in [-0.3, -0.25) is 14.5 Å². The van der Waals surface area contributed by atoms with E-state index in [1.165, 1.54) is 38.5 Å². The highest BCUT2D eigenvalue weighted by molar-refractivity contribution is 5.98. The van der Waals surface area contributed by atoms with Gasteiger partial charge in [-0.2, -0.15) is 0 Å². The molecule has 0 spiro atoms. The lowest BCUT2D eigenvalue weighted by atomic mass is 9.44. The number of amides is 2. The van der Waals surface area contributed by atoms with E-state index in [4.69, 9.17) is 6.42 Å². The van der Waals surface area contributed by atoms with Crippen LogP contribution in [0.1, 0.15) is 95.0 Å². The van der Waals surface area contributed by atoms with E-state index in [9.17, 15) is 14.7 Å². The van der Waals surface area contributed by atoms with E-state index in [2.05, 4.69) is 29.7 Å². The second kappa shape index (κ2) is 11.6. The van der Waals surface area contributed by atoms with Crippen molar-refractivity contribution in [1.82, 2.24) is 19.7 Å². The standard InChI is InChI=1S/C40H52N4O3/c1-4-40(47)20-17-32-30-13-12-28-26-29(15-18-38(28,2)31(30)16-19-39(32,40)3)42-22-24-43(25-23-42)37(46)35-10-7-21-44(35)36(45)34-14-11-27-8-5-6-9-33(27)41-34/h1,5-6,8-9,11,14,28-32,35,47H,7,10,12-13,15-26H2,2-3H3/t28-,29-,30+,31-,32-,35-,38-,39-,40-/m0/s1. The zero-order valence-electron chi connectivity index (χ0n) is 28.4. The number of piperazine rings is 1. The molecule has 3 heterocycles. The Morgan fingerprint density at radius 1 is 0.894 bits per heavy atom. The molecule has 4 saturated carbocycles. The number of pyridine rings is 1. The lowest BCUT2D eigenvalue weighted by Gasteiger charge is -2.62. The Morgan fingerprint density at radius 3 is 2.49 bits per heavy atom. The Bertz CT molecular complexity index is 1600. The number of nitrogens with zero attached hydrogens (tertiary/aromatic N) is 4. The summed E-state index contributed by atoms with van der Waals surface area (Å²) in [6.45, 7) is 8.83. The molecule has 2 saturated heterocycles. The number of rotatable bonds is 3. The third-order valence-electron chi connectivity index (χ3n) is 14.8. The predicted molar refractivity (Wildman–Crippen MR) is 183 cm³/mol. The van der Waals surface area contributed by atoms with Crippen LogP contribution in [0, 0.1) is 46.8 Å². The second-order valence-corrected chi connectivity index (χ2v) is 16.5. The number of para-hydroxylation sites is 1. The Kier molecular flexibility index (Phi) is 7.72. The Hall–Kier alpha value is -2.95. The van der Waals surface area contributed by atoms with Crippen molar-refractivity contribution in [3.8, 4) is 12.3 Å². The number of terminal acetylenes is 1. The molecular weight excluding hydrogens is 584 g/mol. The van der Waals surface area contributed by atoms with Gasteiger partial charge in [0.05, 0.1) is 5.52 Å².